The highest BCUT2D eigenvalue weighted by Crippen LogP contribution is 2.25. The third-order valence-electron chi connectivity index (χ3n) is 2.23. The van der Waals surface area contributed by atoms with E-state index in [2.05, 4.69) is 5.32 Å². The molecule has 0 amide bonds. The molecule has 1 aromatic carbocycles. The highest BCUT2D eigenvalue weighted by molar-refractivity contribution is 6.02. The normalized spacial score (nSPS) is 15.7. The van der Waals surface area contributed by atoms with Gasteiger partial charge in [0.2, 0.25) is 0 Å². The summed E-state index contributed by atoms with van der Waals surface area (Å²) >= 11 is 0. The summed E-state index contributed by atoms with van der Waals surface area (Å²) in [6.07, 6.45) is 0.955. The predicted molar refractivity (Wildman–Crippen MR) is 48.4 cm³/mol. The number of benzene rings is 1. The third kappa shape index (κ3) is 1.47. The van der Waals surface area contributed by atoms with E-state index < -0.39 is 11.6 Å². The summed E-state index contributed by atoms with van der Waals surface area (Å²) in [6.45, 7) is 0.571. The third-order valence-corrected chi connectivity index (χ3v) is 2.23. The molecule has 0 spiro atoms. The van der Waals surface area contributed by atoms with Crippen molar-refractivity contribution < 1.29 is 13.6 Å². The number of Topliss-reactive ketones (excluding diaryl/α,β-unsaturated/α-hetero) is 1. The maximum atomic E-state index is 13.3. The Hall–Kier alpha value is -1.45. The number of ketones is 1. The lowest BCUT2D eigenvalue weighted by molar-refractivity contribution is 0.0980. The van der Waals surface area contributed by atoms with Crippen molar-refractivity contribution in [3.63, 3.8) is 0 Å². The van der Waals surface area contributed by atoms with Gasteiger partial charge in [0.05, 0.1) is 11.3 Å². The standard InChI is InChI=1S/C10H9F2NO/c11-6-4-7(12)10-8(5-6)13-3-1-2-9(10)14/h4-5,13H,1-3H2. The van der Waals surface area contributed by atoms with E-state index in [-0.39, 0.29) is 17.0 Å². The molecule has 14 heavy (non-hydrogen) atoms. The molecule has 0 radical (unpaired) electrons. The minimum absolute atomic E-state index is 0.0103. The summed E-state index contributed by atoms with van der Waals surface area (Å²) in [4.78, 5) is 11.4. The van der Waals surface area contributed by atoms with E-state index in [1.54, 1.807) is 0 Å². The number of rotatable bonds is 0. The van der Waals surface area contributed by atoms with Gasteiger partial charge in [-0.15, -0.1) is 0 Å². The van der Waals surface area contributed by atoms with Crippen LogP contribution in [0.25, 0.3) is 0 Å². The summed E-state index contributed by atoms with van der Waals surface area (Å²) in [6, 6.07) is 1.89. The largest absolute Gasteiger partial charge is 0.384 e. The monoisotopic (exact) mass is 197 g/mol. The van der Waals surface area contributed by atoms with Gasteiger partial charge < -0.3 is 5.32 Å². The number of fused-ring (bicyclic) bond motifs is 1. The van der Waals surface area contributed by atoms with E-state index in [0.29, 0.717) is 19.4 Å². The fraction of sp³-hybridized carbons (Fsp3) is 0.300. The van der Waals surface area contributed by atoms with Gasteiger partial charge in [0.1, 0.15) is 11.6 Å². The quantitative estimate of drug-likeness (QED) is 0.691. The van der Waals surface area contributed by atoms with Crippen LogP contribution in [-0.2, 0) is 0 Å². The first-order valence-corrected chi connectivity index (χ1v) is 4.44. The molecular formula is C10H9F2NO. The van der Waals surface area contributed by atoms with Gasteiger partial charge in [-0.05, 0) is 12.5 Å². The van der Waals surface area contributed by atoms with E-state index >= 15 is 0 Å². The molecule has 0 aliphatic carbocycles. The van der Waals surface area contributed by atoms with Crippen LogP contribution in [0, 0.1) is 11.6 Å². The molecule has 1 aliphatic heterocycles. The van der Waals surface area contributed by atoms with Gasteiger partial charge in [-0.25, -0.2) is 8.78 Å². The highest BCUT2D eigenvalue weighted by Gasteiger charge is 2.20. The molecular weight excluding hydrogens is 188 g/mol. The fourth-order valence-electron chi connectivity index (χ4n) is 1.59. The van der Waals surface area contributed by atoms with Crippen LogP contribution in [0.1, 0.15) is 23.2 Å². The lowest BCUT2D eigenvalue weighted by Crippen LogP contribution is -2.04. The number of carbonyl (C=O) groups is 1. The molecule has 1 aliphatic rings. The zero-order valence-electron chi connectivity index (χ0n) is 7.44. The van der Waals surface area contributed by atoms with Crippen LogP contribution in [0.4, 0.5) is 14.5 Å². The molecule has 0 saturated carbocycles. The average molecular weight is 197 g/mol. The lowest BCUT2D eigenvalue weighted by Gasteiger charge is -2.07. The summed E-state index contributed by atoms with van der Waals surface area (Å²) in [5, 5.41) is 2.84. The van der Waals surface area contributed by atoms with E-state index in [1.807, 2.05) is 0 Å². The SMILES string of the molecule is O=C1CCCNc2cc(F)cc(F)c21. The first-order chi connectivity index (χ1) is 6.68. The number of hydrogen-bond donors (Lipinski definition) is 1. The molecule has 1 aromatic rings. The van der Waals surface area contributed by atoms with E-state index in [4.69, 9.17) is 0 Å². The van der Waals surface area contributed by atoms with E-state index in [0.717, 1.165) is 12.1 Å². The number of anilines is 1. The second-order valence-corrected chi connectivity index (χ2v) is 3.26. The zero-order chi connectivity index (χ0) is 10.1. The van der Waals surface area contributed by atoms with Crippen molar-refractivity contribution in [1.29, 1.82) is 0 Å². The Morgan fingerprint density at radius 2 is 2.07 bits per heavy atom. The van der Waals surface area contributed by atoms with Gasteiger partial charge in [0.25, 0.3) is 0 Å². The number of nitrogens with one attached hydrogen (secondary N) is 1. The Bertz CT molecular complexity index is 390. The topological polar surface area (TPSA) is 29.1 Å². The van der Waals surface area contributed by atoms with Gasteiger partial charge in [0.15, 0.2) is 5.78 Å². The van der Waals surface area contributed by atoms with Crippen LogP contribution in [0.3, 0.4) is 0 Å². The smallest absolute Gasteiger partial charge is 0.167 e. The van der Waals surface area contributed by atoms with Crippen molar-refractivity contribution in [1.82, 2.24) is 0 Å². The molecule has 0 aromatic heterocycles. The van der Waals surface area contributed by atoms with Gasteiger partial charge in [-0.2, -0.15) is 0 Å². The molecule has 0 fully saturated rings. The van der Waals surface area contributed by atoms with Crippen LogP contribution in [0.5, 0.6) is 0 Å². The van der Waals surface area contributed by atoms with Crippen LogP contribution < -0.4 is 5.32 Å². The van der Waals surface area contributed by atoms with E-state index in [1.165, 1.54) is 0 Å². The maximum Gasteiger partial charge on any atom is 0.167 e. The van der Waals surface area contributed by atoms with Crippen molar-refractivity contribution in [2.75, 3.05) is 11.9 Å². The second kappa shape index (κ2) is 3.36. The minimum Gasteiger partial charge on any atom is -0.384 e. The van der Waals surface area contributed by atoms with Gasteiger partial charge in [-0.1, -0.05) is 0 Å². The molecule has 0 unspecified atom stereocenters. The fourth-order valence-corrected chi connectivity index (χ4v) is 1.59. The minimum atomic E-state index is -0.778. The van der Waals surface area contributed by atoms with Gasteiger partial charge >= 0.3 is 0 Å². The van der Waals surface area contributed by atoms with Crippen molar-refractivity contribution in [3.05, 3.63) is 29.3 Å². The Kier molecular flexibility index (Phi) is 2.19. The lowest BCUT2D eigenvalue weighted by atomic mass is 10.1. The number of hydrogen-bond acceptors (Lipinski definition) is 2. The molecule has 0 atom stereocenters. The summed E-state index contributed by atoms with van der Waals surface area (Å²) < 4.78 is 26.1. The predicted octanol–water partition coefficient (Wildman–Crippen LogP) is 2.35. The van der Waals surface area contributed by atoms with Crippen LogP contribution in [0.15, 0.2) is 12.1 Å². The molecule has 74 valence electrons. The Balaban J connectivity index is 2.58. The van der Waals surface area contributed by atoms with Crippen LogP contribution in [0.2, 0.25) is 0 Å². The maximum absolute atomic E-state index is 13.3. The van der Waals surface area contributed by atoms with Gasteiger partial charge in [0, 0.05) is 19.0 Å². The number of halogens is 2. The van der Waals surface area contributed by atoms with Crippen LogP contribution in [-0.4, -0.2) is 12.3 Å². The molecule has 1 N–H and O–H groups in total. The summed E-state index contributed by atoms with van der Waals surface area (Å²) in [5.41, 5.74) is 0.258. The molecule has 0 saturated heterocycles. The first-order valence-electron chi connectivity index (χ1n) is 4.44. The van der Waals surface area contributed by atoms with Crippen molar-refractivity contribution in [2.45, 2.75) is 12.8 Å². The van der Waals surface area contributed by atoms with Crippen molar-refractivity contribution in [2.24, 2.45) is 0 Å². The Labute approximate surface area is 79.9 Å². The Morgan fingerprint density at radius 1 is 1.29 bits per heavy atom. The van der Waals surface area contributed by atoms with Gasteiger partial charge in [-0.3, -0.25) is 4.79 Å². The molecule has 4 heteroatoms. The molecule has 0 bridgehead atoms. The zero-order valence-corrected chi connectivity index (χ0v) is 7.44. The van der Waals surface area contributed by atoms with Crippen LogP contribution >= 0.6 is 0 Å². The van der Waals surface area contributed by atoms with Crippen molar-refractivity contribution in [3.8, 4) is 0 Å². The highest BCUT2D eigenvalue weighted by atomic mass is 19.1. The molecule has 2 nitrogen and oxygen atoms in total. The van der Waals surface area contributed by atoms with Crippen molar-refractivity contribution >= 4 is 11.5 Å². The summed E-state index contributed by atoms with van der Waals surface area (Å²) in [5.74, 6) is -1.70. The first kappa shape index (κ1) is 9.12. The molecule has 2 rings (SSSR count). The number of carbonyl (C=O) groups excluding carboxylic acids is 1. The molecule has 1 heterocycles. The van der Waals surface area contributed by atoms with E-state index in [9.17, 15) is 13.6 Å². The second-order valence-electron chi connectivity index (χ2n) is 3.26. The Morgan fingerprint density at radius 3 is 2.86 bits per heavy atom. The summed E-state index contributed by atoms with van der Waals surface area (Å²) in [7, 11) is 0. The average Bonchev–Trinajstić information content (AvgIpc) is 2.27.